The van der Waals surface area contributed by atoms with Crippen molar-refractivity contribution in [1.29, 1.82) is 0 Å². The zero-order chi connectivity index (χ0) is 15.3. The van der Waals surface area contributed by atoms with E-state index in [-0.39, 0.29) is 5.75 Å². The molecule has 0 aliphatic carbocycles. The van der Waals surface area contributed by atoms with Gasteiger partial charge in [0.15, 0.2) is 18.9 Å². The molecule has 2 nitrogen and oxygen atoms in total. The van der Waals surface area contributed by atoms with Gasteiger partial charge in [0.2, 0.25) is 0 Å². The van der Waals surface area contributed by atoms with Gasteiger partial charge in [-0.2, -0.15) is 13.2 Å². The SMILES string of the molecule is Cc1cc[n+](CCCOc2cccc(C(F)(F)F)c2)cc1. The van der Waals surface area contributed by atoms with Crippen LogP contribution in [0, 0.1) is 6.92 Å². The first-order chi connectivity index (χ1) is 9.95. The number of aromatic nitrogens is 1. The average molecular weight is 296 g/mol. The summed E-state index contributed by atoms with van der Waals surface area (Å²) in [6.07, 6.45) is 0.334. The van der Waals surface area contributed by atoms with Crippen LogP contribution in [0.3, 0.4) is 0 Å². The second-order valence-electron chi connectivity index (χ2n) is 4.84. The first kappa shape index (κ1) is 15.4. The fourth-order valence-electron chi connectivity index (χ4n) is 1.88. The van der Waals surface area contributed by atoms with Crippen molar-refractivity contribution in [3.8, 4) is 5.75 Å². The van der Waals surface area contributed by atoms with E-state index in [0.717, 1.165) is 25.1 Å². The number of alkyl halides is 3. The number of benzene rings is 1. The Kier molecular flexibility index (Phi) is 4.83. The van der Waals surface area contributed by atoms with E-state index in [1.165, 1.54) is 17.7 Å². The maximum atomic E-state index is 12.6. The minimum absolute atomic E-state index is 0.249. The van der Waals surface area contributed by atoms with E-state index in [4.69, 9.17) is 4.74 Å². The van der Waals surface area contributed by atoms with Crippen LogP contribution >= 0.6 is 0 Å². The molecule has 0 radical (unpaired) electrons. The molecular weight excluding hydrogens is 279 g/mol. The van der Waals surface area contributed by atoms with Crippen LogP contribution in [0.25, 0.3) is 0 Å². The summed E-state index contributed by atoms with van der Waals surface area (Å²) in [6, 6.07) is 8.97. The maximum absolute atomic E-state index is 12.6. The van der Waals surface area contributed by atoms with E-state index in [2.05, 4.69) is 0 Å². The van der Waals surface area contributed by atoms with Crippen molar-refractivity contribution in [2.45, 2.75) is 26.1 Å². The molecule has 5 heteroatoms. The van der Waals surface area contributed by atoms with Gasteiger partial charge in [-0.05, 0) is 30.7 Å². The third kappa shape index (κ3) is 4.77. The number of nitrogens with zero attached hydrogens (tertiary/aromatic N) is 1. The predicted molar refractivity (Wildman–Crippen MR) is 72.9 cm³/mol. The second kappa shape index (κ2) is 6.61. The normalized spacial score (nSPS) is 11.4. The van der Waals surface area contributed by atoms with Crippen molar-refractivity contribution in [1.82, 2.24) is 0 Å². The third-order valence-corrected chi connectivity index (χ3v) is 3.05. The number of halogens is 3. The minimum Gasteiger partial charge on any atom is -0.493 e. The summed E-state index contributed by atoms with van der Waals surface area (Å²) < 4.78 is 45.0. The molecule has 0 spiro atoms. The van der Waals surface area contributed by atoms with Gasteiger partial charge in [0.25, 0.3) is 0 Å². The Morgan fingerprint density at radius 3 is 2.48 bits per heavy atom. The van der Waals surface area contributed by atoms with Crippen LogP contribution in [-0.4, -0.2) is 6.61 Å². The highest BCUT2D eigenvalue weighted by molar-refractivity contribution is 5.30. The van der Waals surface area contributed by atoms with E-state index in [1.54, 1.807) is 0 Å². The molecule has 2 aromatic rings. The molecule has 0 N–H and O–H groups in total. The molecule has 0 saturated carbocycles. The summed E-state index contributed by atoms with van der Waals surface area (Å²) in [5, 5.41) is 0. The molecule has 0 amide bonds. The van der Waals surface area contributed by atoms with Gasteiger partial charge < -0.3 is 4.74 Å². The van der Waals surface area contributed by atoms with Crippen molar-refractivity contribution in [3.63, 3.8) is 0 Å². The Bertz CT molecular complexity index is 579. The van der Waals surface area contributed by atoms with Gasteiger partial charge in [-0.15, -0.1) is 0 Å². The summed E-state index contributed by atoms with van der Waals surface area (Å²) in [7, 11) is 0. The largest absolute Gasteiger partial charge is 0.493 e. The molecule has 0 aliphatic heterocycles. The van der Waals surface area contributed by atoms with Gasteiger partial charge in [0.1, 0.15) is 5.75 Å². The number of pyridine rings is 1. The number of ether oxygens (including phenoxy) is 1. The molecule has 0 fully saturated rings. The zero-order valence-corrected chi connectivity index (χ0v) is 11.7. The molecule has 2 rings (SSSR count). The Morgan fingerprint density at radius 1 is 1.10 bits per heavy atom. The highest BCUT2D eigenvalue weighted by atomic mass is 19.4. The summed E-state index contributed by atoms with van der Waals surface area (Å²) in [5.74, 6) is 0.249. The van der Waals surface area contributed by atoms with Crippen molar-refractivity contribution < 1.29 is 22.5 Å². The van der Waals surface area contributed by atoms with Crippen LogP contribution in [-0.2, 0) is 12.7 Å². The lowest BCUT2D eigenvalue weighted by Gasteiger charge is -2.09. The quantitative estimate of drug-likeness (QED) is 0.604. The molecule has 0 atom stereocenters. The monoisotopic (exact) mass is 296 g/mol. The zero-order valence-electron chi connectivity index (χ0n) is 11.7. The van der Waals surface area contributed by atoms with Crippen LogP contribution in [0.15, 0.2) is 48.8 Å². The van der Waals surface area contributed by atoms with Gasteiger partial charge in [-0.1, -0.05) is 6.07 Å². The van der Waals surface area contributed by atoms with Gasteiger partial charge in [-0.25, -0.2) is 4.57 Å². The first-order valence-corrected chi connectivity index (χ1v) is 6.71. The molecule has 21 heavy (non-hydrogen) atoms. The highest BCUT2D eigenvalue weighted by Gasteiger charge is 2.30. The predicted octanol–water partition coefficient (Wildman–Crippen LogP) is 3.77. The second-order valence-corrected chi connectivity index (χ2v) is 4.84. The van der Waals surface area contributed by atoms with Crippen LogP contribution in [0.4, 0.5) is 13.2 Å². The Balaban J connectivity index is 1.82. The first-order valence-electron chi connectivity index (χ1n) is 6.71. The Morgan fingerprint density at radius 2 is 1.81 bits per heavy atom. The molecule has 112 valence electrons. The number of rotatable bonds is 5. The molecule has 1 aromatic heterocycles. The Labute approximate surface area is 121 Å². The summed E-state index contributed by atoms with van der Waals surface area (Å²) in [4.78, 5) is 0. The molecule has 0 saturated heterocycles. The van der Waals surface area contributed by atoms with Crippen LogP contribution in [0.2, 0.25) is 0 Å². The summed E-state index contributed by atoms with van der Waals surface area (Å²) in [6.45, 7) is 3.16. The van der Waals surface area contributed by atoms with Gasteiger partial charge in [0.05, 0.1) is 12.2 Å². The van der Waals surface area contributed by atoms with E-state index in [0.29, 0.717) is 6.61 Å². The number of hydrogen-bond donors (Lipinski definition) is 0. The van der Waals surface area contributed by atoms with Crippen LogP contribution in [0.1, 0.15) is 17.5 Å². The fraction of sp³-hybridized carbons (Fsp3) is 0.312. The maximum Gasteiger partial charge on any atom is 0.416 e. The highest BCUT2D eigenvalue weighted by Crippen LogP contribution is 2.31. The summed E-state index contributed by atoms with van der Waals surface area (Å²) >= 11 is 0. The molecule has 0 bridgehead atoms. The van der Waals surface area contributed by atoms with E-state index in [1.807, 2.05) is 36.0 Å². The average Bonchev–Trinajstić information content (AvgIpc) is 2.45. The fourth-order valence-corrected chi connectivity index (χ4v) is 1.88. The van der Waals surface area contributed by atoms with Gasteiger partial charge in [-0.3, -0.25) is 0 Å². The van der Waals surface area contributed by atoms with Gasteiger partial charge in [0, 0.05) is 18.6 Å². The third-order valence-electron chi connectivity index (χ3n) is 3.05. The van der Waals surface area contributed by atoms with E-state index in [9.17, 15) is 13.2 Å². The standard InChI is InChI=1S/C16H17F3NO/c1-13-6-9-20(10-7-13)8-3-11-21-15-5-2-4-14(12-15)16(17,18)19/h2,4-7,9-10,12H,3,8,11H2,1H3/q+1. The van der Waals surface area contributed by atoms with Crippen LogP contribution < -0.4 is 9.30 Å². The lowest BCUT2D eigenvalue weighted by Crippen LogP contribution is -2.33. The van der Waals surface area contributed by atoms with E-state index < -0.39 is 11.7 Å². The molecule has 1 heterocycles. The van der Waals surface area contributed by atoms with Crippen molar-refractivity contribution >= 4 is 0 Å². The minimum atomic E-state index is -4.34. The van der Waals surface area contributed by atoms with E-state index >= 15 is 0 Å². The summed E-state index contributed by atoms with van der Waals surface area (Å²) in [5.41, 5.74) is 0.499. The molecule has 0 aliphatic rings. The van der Waals surface area contributed by atoms with Crippen molar-refractivity contribution in [3.05, 3.63) is 59.9 Å². The molecule has 1 aromatic carbocycles. The van der Waals surface area contributed by atoms with Crippen molar-refractivity contribution in [2.75, 3.05) is 6.61 Å². The van der Waals surface area contributed by atoms with Crippen molar-refractivity contribution in [2.24, 2.45) is 0 Å². The molecule has 0 unspecified atom stereocenters. The lowest BCUT2D eigenvalue weighted by atomic mass is 10.2. The van der Waals surface area contributed by atoms with Gasteiger partial charge >= 0.3 is 6.18 Å². The Hall–Kier alpha value is -2.04. The number of hydrogen-bond acceptors (Lipinski definition) is 1. The number of aryl methyl sites for hydroxylation is 2. The lowest BCUT2D eigenvalue weighted by molar-refractivity contribution is -0.697. The topological polar surface area (TPSA) is 13.1 Å². The van der Waals surface area contributed by atoms with Crippen LogP contribution in [0.5, 0.6) is 5.75 Å². The smallest absolute Gasteiger partial charge is 0.416 e. The molecular formula is C16H17F3NO+.